The molecule has 3 aromatic rings. The summed E-state index contributed by atoms with van der Waals surface area (Å²) >= 11 is 0. The Morgan fingerprint density at radius 3 is 2.72 bits per heavy atom. The molecule has 2 aromatic heterocycles. The Morgan fingerprint density at radius 1 is 1.21 bits per heavy atom. The third-order valence-corrected chi connectivity index (χ3v) is 5.76. The van der Waals surface area contributed by atoms with Gasteiger partial charge in [-0.2, -0.15) is 5.10 Å². The fourth-order valence-corrected chi connectivity index (χ4v) is 3.92. The van der Waals surface area contributed by atoms with Gasteiger partial charge in [0.2, 0.25) is 0 Å². The number of aromatic nitrogens is 3. The summed E-state index contributed by atoms with van der Waals surface area (Å²) in [4.78, 5) is 7.29. The first-order valence-corrected chi connectivity index (χ1v) is 10.5. The van der Waals surface area contributed by atoms with Crippen molar-refractivity contribution in [2.45, 2.75) is 44.7 Å². The van der Waals surface area contributed by atoms with Gasteiger partial charge in [0.25, 0.3) is 0 Å². The molecule has 1 saturated heterocycles. The summed E-state index contributed by atoms with van der Waals surface area (Å²) in [7, 11) is 2.18. The average molecular weight is 393 g/mol. The molecule has 3 N–H and O–H groups in total. The molecule has 0 aliphatic carbocycles. The van der Waals surface area contributed by atoms with Crippen LogP contribution in [0.5, 0.6) is 0 Å². The van der Waals surface area contributed by atoms with Crippen LogP contribution in [0.2, 0.25) is 0 Å². The predicted octanol–water partition coefficient (Wildman–Crippen LogP) is 3.90. The van der Waals surface area contributed by atoms with Crippen molar-refractivity contribution in [3.63, 3.8) is 0 Å². The summed E-state index contributed by atoms with van der Waals surface area (Å²) in [6, 6.07) is 10.9. The molecular weight excluding hydrogens is 360 g/mol. The molecule has 6 heteroatoms. The minimum atomic E-state index is -0.187. The van der Waals surface area contributed by atoms with Crippen molar-refractivity contribution in [3.05, 3.63) is 42.7 Å². The number of hydrogen-bond donors (Lipinski definition) is 2. The number of hydrogen-bond acceptors (Lipinski definition) is 5. The molecule has 29 heavy (non-hydrogen) atoms. The lowest BCUT2D eigenvalue weighted by Crippen LogP contribution is -2.34. The monoisotopic (exact) mass is 392 g/mol. The average Bonchev–Trinajstić information content (AvgIpc) is 3.17. The van der Waals surface area contributed by atoms with Crippen molar-refractivity contribution in [2.24, 2.45) is 5.73 Å². The SMILES string of the molecule is CN1CCC(n2cc(-c3cc(NCCC(C)(C)N)c4ccccc4n3)cn2)CC1. The number of rotatable bonds is 6. The standard InChI is InChI=1S/C23H32N6/c1-23(2,24)10-11-25-22-14-21(27-20-7-5-4-6-19(20)22)17-15-26-29(16-17)18-8-12-28(3)13-9-18/h4-7,14-16,18H,8-13,24H2,1-3H3,(H,25,27). The molecule has 0 amide bonds. The lowest BCUT2D eigenvalue weighted by molar-refractivity contribution is 0.212. The van der Waals surface area contributed by atoms with Crippen LogP contribution in [0.25, 0.3) is 22.2 Å². The number of fused-ring (bicyclic) bond motifs is 1. The number of pyridine rings is 1. The van der Waals surface area contributed by atoms with Gasteiger partial charge in [0, 0.05) is 34.9 Å². The Morgan fingerprint density at radius 2 is 1.97 bits per heavy atom. The molecule has 0 unspecified atom stereocenters. The van der Waals surface area contributed by atoms with Crippen LogP contribution >= 0.6 is 0 Å². The summed E-state index contributed by atoms with van der Waals surface area (Å²) in [5, 5.41) is 9.38. The van der Waals surface area contributed by atoms with Crippen LogP contribution in [0.15, 0.2) is 42.7 Å². The van der Waals surface area contributed by atoms with E-state index in [1.807, 2.05) is 12.3 Å². The number of piperidine rings is 1. The Kier molecular flexibility index (Phi) is 5.56. The van der Waals surface area contributed by atoms with Crippen molar-refractivity contribution in [3.8, 4) is 11.3 Å². The van der Waals surface area contributed by atoms with Crippen LogP contribution in [0.3, 0.4) is 0 Å². The van der Waals surface area contributed by atoms with Gasteiger partial charge in [-0.3, -0.25) is 4.68 Å². The quantitative estimate of drug-likeness (QED) is 0.666. The Labute approximate surface area is 173 Å². The van der Waals surface area contributed by atoms with Crippen LogP contribution in [-0.2, 0) is 0 Å². The highest BCUT2D eigenvalue weighted by atomic mass is 15.3. The maximum Gasteiger partial charge on any atom is 0.0761 e. The third kappa shape index (κ3) is 4.77. The molecule has 4 rings (SSSR count). The van der Waals surface area contributed by atoms with E-state index in [-0.39, 0.29) is 5.54 Å². The van der Waals surface area contributed by atoms with Gasteiger partial charge in [-0.05, 0) is 65.4 Å². The second-order valence-corrected chi connectivity index (χ2v) is 8.98. The van der Waals surface area contributed by atoms with Crippen LogP contribution in [-0.4, -0.2) is 51.9 Å². The molecule has 3 heterocycles. The number of para-hydroxylation sites is 1. The smallest absolute Gasteiger partial charge is 0.0761 e. The molecule has 1 aromatic carbocycles. The fraction of sp³-hybridized carbons (Fsp3) is 0.478. The van der Waals surface area contributed by atoms with E-state index in [0.717, 1.165) is 66.7 Å². The van der Waals surface area contributed by atoms with Gasteiger partial charge >= 0.3 is 0 Å². The van der Waals surface area contributed by atoms with Crippen LogP contribution < -0.4 is 11.1 Å². The highest BCUT2D eigenvalue weighted by Crippen LogP contribution is 2.30. The summed E-state index contributed by atoms with van der Waals surface area (Å²) in [5.41, 5.74) is 10.1. The van der Waals surface area contributed by atoms with E-state index in [9.17, 15) is 0 Å². The summed E-state index contributed by atoms with van der Waals surface area (Å²) in [6.45, 7) is 7.19. The van der Waals surface area contributed by atoms with E-state index in [1.165, 1.54) is 0 Å². The van der Waals surface area contributed by atoms with Gasteiger partial charge in [0.05, 0.1) is 23.4 Å². The Balaban J connectivity index is 1.60. The van der Waals surface area contributed by atoms with Gasteiger partial charge in [0.1, 0.15) is 0 Å². The van der Waals surface area contributed by atoms with Crippen LogP contribution in [0.1, 0.15) is 39.2 Å². The maximum atomic E-state index is 6.15. The zero-order valence-corrected chi connectivity index (χ0v) is 17.7. The Hall–Kier alpha value is -2.44. The van der Waals surface area contributed by atoms with E-state index < -0.39 is 0 Å². The van der Waals surface area contributed by atoms with E-state index >= 15 is 0 Å². The number of nitrogens with two attached hydrogens (primary N) is 1. The first-order valence-electron chi connectivity index (χ1n) is 10.5. The number of nitrogens with zero attached hydrogens (tertiary/aromatic N) is 4. The van der Waals surface area contributed by atoms with Gasteiger partial charge in [-0.15, -0.1) is 0 Å². The lowest BCUT2D eigenvalue weighted by Gasteiger charge is -2.28. The first-order chi connectivity index (χ1) is 13.9. The molecule has 0 bridgehead atoms. The van der Waals surface area contributed by atoms with E-state index in [2.05, 4.69) is 71.4 Å². The minimum absolute atomic E-state index is 0.187. The third-order valence-electron chi connectivity index (χ3n) is 5.76. The first kappa shape index (κ1) is 19.9. The highest BCUT2D eigenvalue weighted by molar-refractivity contribution is 5.93. The van der Waals surface area contributed by atoms with Gasteiger partial charge in [-0.1, -0.05) is 18.2 Å². The lowest BCUT2D eigenvalue weighted by atomic mass is 10.0. The molecule has 1 aliphatic rings. The van der Waals surface area contributed by atoms with Crippen LogP contribution in [0.4, 0.5) is 5.69 Å². The molecule has 0 spiro atoms. The van der Waals surface area contributed by atoms with Crippen molar-refractivity contribution in [1.82, 2.24) is 19.7 Å². The predicted molar refractivity (Wildman–Crippen MR) is 120 cm³/mol. The van der Waals surface area contributed by atoms with E-state index in [4.69, 9.17) is 10.7 Å². The van der Waals surface area contributed by atoms with Gasteiger partial charge in [-0.25, -0.2) is 4.98 Å². The molecule has 0 atom stereocenters. The number of nitrogens with one attached hydrogen (secondary N) is 1. The second-order valence-electron chi connectivity index (χ2n) is 8.98. The maximum absolute atomic E-state index is 6.15. The highest BCUT2D eigenvalue weighted by Gasteiger charge is 2.19. The van der Waals surface area contributed by atoms with Gasteiger partial charge in [0.15, 0.2) is 0 Å². The normalized spacial score (nSPS) is 16.4. The second kappa shape index (κ2) is 8.13. The minimum Gasteiger partial charge on any atom is -0.384 e. The zero-order valence-electron chi connectivity index (χ0n) is 17.7. The summed E-state index contributed by atoms with van der Waals surface area (Å²) in [5.74, 6) is 0. The molecule has 154 valence electrons. The number of benzene rings is 1. The fourth-order valence-electron chi connectivity index (χ4n) is 3.92. The molecule has 0 radical (unpaired) electrons. The molecule has 0 saturated carbocycles. The van der Waals surface area contributed by atoms with Crippen molar-refractivity contribution in [1.29, 1.82) is 0 Å². The van der Waals surface area contributed by atoms with Crippen molar-refractivity contribution < 1.29 is 0 Å². The van der Waals surface area contributed by atoms with Crippen molar-refractivity contribution >= 4 is 16.6 Å². The van der Waals surface area contributed by atoms with Crippen molar-refractivity contribution in [2.75, 3.05) is 32.0 Å². The summed E-state index contributed by atoms with van der Waals surface area (Å²) < 4.78 is 2.13. The molecule has 1 aliphatic heterocycles. The van der Waals surface area contributed by atoms with E-state index in [1.54, 1.807) is 0 Å². The van der Waals surface area contributed by atoms with Crippen LogP contribution in [0, 0.1) is 0 Å². The number of anilines is 1. The molecule has 1 fully saturated rings. The largest absolute Gasteiger partial charge is 0.384 e. The molecular formula is C23H32N6. The van der Waals surface area contributed by atoms with E-state index in [0.29, 0.717) is 6.04 Å². The number of likely N-dealkylation sites (tertiary alicyclic amines) is 1. The topological polar surface area (TPSA) is 72.0 Å². The summed E-state index contributed by atoms with van der Waals surface area (Å²) in [6.07, 6.45) is 7.28. The zero-order chi connectivity index (χ0) is 20.4. The Bertz CT molecular complexity index is 963. The van der Waals surface area contributed by atoms with Gasteiger partial charge < -0.3 is 16.0 Å². The molecule has 6 nitrogen and oxygen atoms in total.